The quantitative estimate of drug-likeness (QED) is 0.810. The van der Waals surface area contributed by atoms with Gasteiger partial charge >= 0.3 is 0 Å². The molecular formula is C16H25N3O3. The van der Waals surface area contributed by atoms with Crippen LogP contribution in [0.4, 0.5) is 0 Å². The lowest BCUT2D eigenvalue weighted by atomic mass is 9.94. The van der Waals surface area contributed by atoms with Crippen LogP contribution in [-0.4, -0.2) is 23.0 Å². The third kappa shape index (κ3) is 4.08. The molecule has 2 amide bonds. The van der Waals surface area contributed by atoms with Crippen molar-refractivity contribution in [3.05, 3.63) is 17.0 Å². The number of nitrogens with one attached hydrogen (secondary N) is 1. The first-order chi connectivity index (χ1) is 10.5. The summed E-state index contributed by atoms with van der Waals surface area (Å²) in [5.74, 6) is 0.163. The molecular weight excluding hydrogens is 282 g/mol. The predicted octanol–water partition coefficient (Wildman–Crippen LogP) is 1.77. The number of hydrogen-bond donors (Lipinski definition) is 2. The Kier molecular flexibility index (Phi) is 5.57. The Balaban J connectivity index is 1.91. The van der Waals surface area contributed by atoms with E-state index in [4.69, 9.17) is 10.3 Å². The summed E-state index contributed by atoms with van der Waals surface area (Å²) in [5.41, 5.74) is 7.30. The molecule has 1 aliphatic carbocycles. The van der Waals surface area contributed by atoms with Gasteiger partial charge in [-0.15, -0.1) is 0 Å². The number of hydrogen-bond acceptors (Lipinski definition) is 4. The van der Waals surface area contributed by atoms with E-state index in [2.05, 4.69) is 10.5 Å². The summed E-state index contributed by atoms with van der Waals surface area (Å²) >= 11 is 0. The van der Waals surface area contributed by atoms with E-state index in [1.54, 1.807) is 0 Å². The Morgan fingerprint density at radius 1 is 1.27 bits per heavy atom. The third-order valence-corrected chi connectivity index (χ3v) is 4.51. The number of aromatic nitrogens is 1. The molecule has 3 N–H and O–H groups in total. The van der Waals surface area contributed by atoms with Gasteiger partial charge in [-0.1, -0.05) is 24.4 Å². The van der Waals surface area contributed by atoms with Gasteiger partial charge in [0.25, 0.3) is 0 Å². The predicted molar refractivity (Wildman–Crippen MR) is 82.0 cm³/mol. The van der Waals surface area contributed by atoms with Crippen LogP contribution in [0.15, 0.2) is 4.52 Å². The van der Waals surface area contributed by atoms with Crippen molar-refractivity contribution in [2.24, 2.45) is 11.7 Å². The first-order valence-electron chi connectivity index (χ1n) is 7.99. The highest BCUT2D eigenvalue weighted by atomic mass is 16.5. The van der Waals surface area contributed by atoms with E-state index >= 15 is 0 Å². The Labute approximate surface area is 130 Å². The zero-order valence-electron chi connectivity index (χ0n) is 13.4. The zero-order valence-corrected chi connectivity index (χ0v) is 13.4. The molecule has 122 valence electrons. The van der Waals surface area contributed by atoms with Crippen LogP contribution in [0.5, 0.6) is 0 Å². The lowest BCUT2D eigenvalue weighted by Gasteiger charge is -2.23. The molecule has 0 unspecified atom stereocenters. The van der Waals surface area contributed by atoms with Gasteiger partial charge in [-0.2, -0.15) is 0 Å². The highest BCUT2D eigenvalue weighted by Gasteiger charge is 2.29. The van der Waals surface area contributed by atoms with Crippen molar-refractivity contribution in [3.8, 4) is 0 Å². The largest absolute Gasteiger partial charge is 0.369 e. The fraction of sp³-hybridized carbons (Fsp3) is 0.688. The summed E-state index contributed by atoms with van der Waals surface area (Å²) in [6.07, 6.45) is 5.67. The van der Waals surface area contributed by atoms with Gasteiger partial charge in [0.1, 0.15) is 5.76 Å². The van der Waals surface area contributed by atoms with Crippen LogP contribution in [0.1, 0.15) is 55.5 Å². The van der Waals surface area contributed by atoms with Crippen molar-refractivity contribution in [2.75, 3.05) is 0 Å². The van der Waals surface area contributed by atoms with E-state index in [1.807, 2.05) is 13.8 Å². The molecule has 22 heavy (non-hydrogen) atoms. The monoisotopic (exact) mass is 307 g/mol. The number of aryl methyl sites for hydroxylation is 2. The first-order valence-corrected chi connectivity index (χ1v) is 7.99. The van der Waals surface area contributed by atoms with E-state index in [0.717, 1.165) is 49.1 Å². The summed E-state index contributed by atoms with van der Waals surface area (Å²) in [6.45, 7) is 3.72. The van der Waals surface area contributed by atoms with E-state index in [0.29, 0.717) is 12.8 Å². The molecule has 0 radical (unpaired) electrons. The Bertz CT molecular complexity index is 519. The summed E-state index contributed by atoms with van der Waals surface area (Å²) in [5, 5.41) is 6.89. The SMILES string of the molecule is Cc1noc(C)c1CCC(=O)N[C@@H]1CCCCC[C@@H]1C(N)=O. The molecule has 6 nitrogen and oxygen atoms in total. The average Bonchev–Trinajstić information content (AvgIpc) is 2.66. The van der Waals surface area contributed by atoms with Crippen molar-refractivity contribution >= 4 is 11.8 Å². The number of carbonyl (C=O) groups excluding carboxylic acids is 2. The molecule has 1 aromatic heterocycles. The van der Waals surface area contributed by atoms with Gasteiger partial charge in [0, 0.05) is 18.0 Å². The summed E-state index contributed by atoms with van der Waals surface area (Å²) in [7, 11) is 0. The topological polar surface area (TPSA) is 98.2 Å². The second-order valence-corrected chi connectivity index (χ2v) is 6.12. The molecule has 6 heteroatoms. The second kappa shape index (κ2) is 7.42. The summed E-state index contributed by atoms with van der Waals surface area (Å²) in [4.78, 5) is 23.8. The van der Waals surface area contributed by atoms with Gasteiger partial charge in [-0.25, -0.2) is 0 Å². The van der Waals surface area contributed by atoms with Crippen LogP contribution in [0.2, 0.25) is 0 Å². The smallest absolute Gasteiger partial charge is 0.222 e. The van der Waals surface area contributed by atoms with Crippen LogP contribution in [0.3, 0.4) is 0 Å². The molecule has 2 rings (SSSR count). The lowest BCUT2D eigenvalue weighted by molar-refractivity contribution is -0.125. The molecule has 0 bridgehead atoms. The zero-order chi connectivity index (χ0) is 16.1. The Morgan fingerprint density at radius 3 is 2.64 bits per heavy atom. The van der Waals surface area contributed by atoms with Crippen LogP contribution in [0, 0.1) is 19.8 Å². The van der Waals surface area contributed by atoms with Crippen LogP contribution in [-0.2, 0) is 16.0 Å². The van der Waals surface area contributed by atoms with Crippen molar-refractivity contribution in [2.45, 2.75) is 64.8 Å². The molecule has 0 saturated heterocycles. The van der Waals surface area contributed by atoms with Gasteiger partial charge in [0.15, 0.2) is 0 Å². The fourth-order valence-electron chi connectivity index (χ4n) is 3.20. The minimum Gasteiger partial charge on any atom is -0.369 e. The molecule has 0 aliphatic heterocycles. The third-order valence-electron chi connectivity index (χ3n) is 4.51. The second-order valence-electron chi connectivity index (χ2n) is 6.12. The van der Waals surface area contributed by atoms with Gasteiger partial charge < -0.3 is 15.6 Å². The number of nitrogens with two attached hydrogens (primary N) is 1. The lowest BCUT2D eigenvalue weighted by Crippen LogP contribution is -2.45. The number of rotatable bonds is 5. The molecule has 0 spiro atoms. The maximum absolute atomic E-state index is 12.2. The van der Waals surface area contributed by atoms with Crippen LogP contribution in [0.25, 0.3) is 0 Å². The van der Waals surface area contributed by atoms with E-state index < -0.39 is 0 Å². The molecule has 0 aromatic carbocycles. The number of nitrogens with zero attached hydrogens (tertiary/aromatic N) is 1. The number of primary amides is 1. The van der Waals surface area contributed by atoms with E-state index in [9.17, 15) is 9.59 Å². The standard InChI is InChI=1S/C16H25N3O3/c1-10-12(11(2)22-19-10)8-9-15(20)18-14-7-5-3-4-6-13(14)16(17)21/h13-14H,3-9H2,1-2H3,(H2,17,21)(H,18,20)/t13-,14+/m0/s1. The van der Waals surface area contributed by atoms with Crippen molar-refractivity contribution in [3.63, 3.8) is 0 Å². The Morgan fingerprint density at radius 2 is 2.00 bits per heavy atom. The van der Waals surface area contributed by atoms with Gasteiger partial charge in [-0.05, 0) is 33.1 Å². The van der Waals surface area contributed by atoms with Crippen LogP contribution < -0.4 is 11.1 Å². The molecule has 2 atom stereocenters. The molecule has 1 heterocycles. The molecule has 1 aromatic rings. The normalized spacial score (nSPS) is 22.1. The maximum atomic E-state index is 12.2. The first kappa shape index (κ1) is 16.5. The van der Waals surface area contributed by atoms with E-state index in [1.165, 1.54) is 0 Å². The Hall–Kier alpha value is -1.85. The summed E-state index contributed by atoms with van der Waals surface area (Å²) < 4.78 is 5.10. The number of amides is 2. The van der Waals surface area contributed by atoms with Crippen LogP contribution >= 0.6 is 0 Å². The molecule has 1 aliphatic rings. The van der Waals surface area contributed by atoms with Crippen molar-refractivity contribution in [1.29, 1.82) is 0 Å². The number of carbonyl (C=O) groups is 2. The molecule has 1 fully saturated rings. The molecule has 1 saturated carbocycles. The highest BCUT2D eigenvalue weighted by Crippen LogP contribution is 2.23. The van der Waals surface area contributed by atoms with Gasteiger partial charge in [-0.3, -0.25) is 9.59 Å². The van der Waals surface area contributed by atoms with Gasteiger partial charge in [0.2, 0.25) is 11.8 Å². The highest BCUT2D eigenvalue weighted by molar-refractivity contribution is 5.80. The average molecular weight is 307 g/mol. The van der Waals surface area contributed by atoms with E-state index in [-0.39, 0.29) is 23.8 Å². The van der Waals surface area contributed by atoms with Gasteiger partial charge in [0.05, 0.1) is 11.6 Å². The minimum atomic E-state index is -0.307. The maximum Gasteiger partial charge on any atom is 0.222 e. The summed E-state index contributed by atoms with van der Waals surface area (Å²) in [6, 6.07) is -0.128. The van der Waals surface area contributed by atoms with Crippen molar-refractivity contribution < 1.29 is 14.1 Å². The fourth-order valence-corrected chi connectivity index (χ4v) is 3.20. The minimum absolute atomic E-state index is 0.0434. The van der Waals surface area contributed by atoms with Crippen molar-refractivity contribution in [1.82, 2.24) is 10.5 Å².